The summed E-state index contributed by atoms with van der Waals surface area (Å²) in [5.74, 6) is 1.33. The van der Waals surface area contributed by atoms with Crippen molar-refractivity contribution in [2.24, 2.45) is 0 Å². The van der Waals surface area contributed by atoms with Crippen molar-refractivity contribution < 1.29 is 14.3 Å². The summed E-state index contributed by atoms with van der Waals surface area (Å²) in [6, 6.07) is 20.8. The number of carbonyl (C=O) groups excluding carboxylic acids is 1. The first-order valence-corrected chi connectivity index (χ1v) is 10.1. The van der Waals surface area contributed by atoms with Crippen molar-refractivity contribution in [3.8, 4) is 17.2 Å². The van der Waals surface area contributed by atoms with Gasteiger partial charge in [-0.1, -0.05) is 24.3 Å². The third kappa shape index (κ3) is 4.54. The molecule has 0 spiro atoms. The van der Waals surface area contributed by atoms with Crippen LogP contribution < -0.4 is 26.0 Å². The number of H-pyrrole nitrogens is 1. The van der Waals surface area contributed by atoms with Crippen molar-refractivity contribution in [2.45, 2.75) is 13.5 Å². The lowest BCUT2D eigenvalue weighted by atomic mass is 10.2. The molecule has 0 radical (unpaired) electrons. The van der Waals surface area contributed by atoms with E-state index >= 15 is 0 Å². The number of amides is 1. The zero-order valence-corrected chi connectivity index (χ0v) is 17.3. The Labute approximate surface area is 183 Å². The second kappa shape index (κ2) is 9.22. The van der Waals surface area contributed by atoms with Gasteiger partial charge in [-0.2, -0.15) is 0 Å². The average Bonchev–Trinajstić information content (AvgIpc) is 2.79. The van der Waals surface area contributed by atoms with Gasteiger partial charge in [-0.15, -0.1) is 0 Å². The van der Waals surface area contributed by atoms with E-state index in [1.807, 2.05) is 6.92 Å². The van der Waals surface area contributed by atoms with E-state index in [0.29, 0.717) is 34.7 Å². The summed E-state index contributed by atoms with van der Waals surface area (Å²) >= 11 is 0. The predicted octanol–water partition coefficient (Wildman–Crippen LogP) is 3.52. The first kappa shape index (κ1) is 20.9. The number of fused-ring (bicyclic) bond motifs is 1. The molecule has 0 atom stereocenters. The van der Waals surface area contributed by atoms with Crippen LogP contribution in [0.4, 0.5) is 5.69 Å². The standard InChI is InChI=1S/C24H21N3O5/c1-2-31-16-11-13-17(14-12-16)32-21-10-6-4-8-19(21)25-22(28)15-27-20-9-5-3-7-18(20)23(29)26-24(27)30/h3-14H,2,15H2,1H3,(H,25,28)(H,26,29,30). The van der Waals surface area contributed by atoms with Crippen molar-refractivity contribution in [1.82, 2.24) is 9.55 Å². The third-order valence-electron chi connectivity index (χ3n) is 4.73. The zero-order chi connectivity index (χ0) is 22.5. The first-order valence-electron chi connectivity index (χ1n) is 10.1. The highest BCUT2D eigenvalue weighted by atomic mass is 16.5. The Kier molecular flexibility index (Phi) is 6.03. The van der Waals surface area contributed by atoms with Crippen LogP contribution in [0.5, 0.6) is 17.2 Å². The lowest BCUT2D eigenvalue weighted by molar-refractivity contribution is -0.116. The molecule has 4 aromatic rings. The molecule has 0 saturated heterocycles. The van der Waals surface area contributed by atoms with Gasteiger partial charge in [-0.05, 0) is 55.5 Å². The number of benzene rings is 3. The Morgan fingerprint density at radius 2 is 1.62 bits per heavy atom. The van der Waals surface area contributed by atoms with Crippen LogP contribution in [0.1, 0.15) is 6.92 Å². The van der Waals surface area contributed by atoms with Gasteiger partial charge in [0.2, 0.25) is 5.91 Å². The van der Waals surface area contributed by atoms with Gasteiger partial charge in [-0.25, -0.2) is 4.79 Å². The normalized spacial score (nSPS) is 10.7. The number of para-hydroxylation sites is 3. The van der Waals surface area contributed by atoms with E-state index in [1.165, 1.54) is 4.57 Å². The fraction of sp³-hybridized carbons (Fsp3) is 0.125. The third-order valence-corrected chi connectivity index (χ3v) is 4.73. The van der Waals surface area contributed by atoms with Gasteiger partial charge in [0, 0.05) is 0 Å². The fourth-order valence-corrected chi connectivity index (χ4v) is 3.29. The van der Waals surface area contributed by atoms with Crippen LogP contribution in [0.15, 0.2) is 82.4 Å². The summed E-state index contributed by atoms with van der Waals surface area (Å²) in [6.45, 7) is 2.21. The summed E-state index contributed by atoms with van der Waals surface area (Å²) < 4.78 is 12.6. The van der Waals surface area contributed by atoms with E-state index in [0.717, 1.165) is 5.75 Å². The van der Waals surface area contributed by atoms with Crippen LogP contribution in [0.3, 0.4) is 0 Å². The lowest BCUT2D eigenvalue weighted by Gasteiger charge is -2.14. The minimum absolute atomic E-state index is 0.270. The molecular formula is C24H21N3O5. The maximum Gasteiger partial charge on any atom is 0.329 e. The molecule has 0 bridgehead atoms. The number of hydrogen-bond acceptors (Lipinski definition) is 5. The van der Waals surface area contributed by atoms with Gasteiger partial charge in [0.25, 0.3) is 5.56 Å². The molecule has 3 aromatic carbocycles. The molecular weight excluding hydrogens is 410 g/mol. The van der Waals surface area contributed by atoms with Gasteiger partial charge in [0.1, 0.15) is 18.0 Å². The Hall–Kier alpha value is -4.33. The number of anilines is 1. The van der Waals surface area contributed by atoms with Crippen LogP contribution in [-0.4, -0.2) is 22.1 Å². The largest absolute Gasteiger partial charge is 0.494 e. The van der Waals surface area contributed by atoms with E-state index in [2.05, 4.69) is 10.3 Å². The molecule has 2 N–H and O–H groups in total. The number of nitrogens with zero attached hydrogens (tertiary/aromatic N) is 1. The monoisotopic (exact) mass is 431 g/mol. The van der Waals surface area contributed by atoms with Gasteiger partial charge in [0.15, 0.2) is 5.75 Å². The van der Waals surface area contributed by atoms with E-state index in [9.17, 15) is 14.4 Å². The van der Waals surface area contributed by atoms with Crippen molar-refractivity contribution >= 4 is 22.5 Å². The molecule has 162 valence electrons. The average molecular weight is 431 g/mol. The molecule has 0 unspecified atom stereocenters. The highest BCUT2D eigenvalue weighted by Gasteiger charge is 2.13. The molecule has 0 aliphatic heterocycles. The maximum atomic E-state index is 12.7. The van der Waals surface area contributed by atoms with E-state index < -0.39 is 17.2 Å². The smallest absolute Gasteiger partial charge is 0.329 e. The molecule has 1 amide bonds. The molecule has 1 heterocycles. The Morgan fingerprint density at radius 1 is 0.938 bits per heavy atom. The summed E-state index contributed by atoms with van der Waals surface area (Å²) in [6.07, 6.45) is 0. The Bertz CT molecular complexity index is 1370. The van der Waals surface area contributed by atoms with Gasteiger partial charge in [-0.3, -0.25) is 19.1 Å². The highest BCUT2D eigenvalue weighted by molar-refractivity contribution is 5.93. The Balaban J connectivity index is 1.54. The van der Waals surface area contributed by atoms with Crippen molar-refractivity contribution in [1.29, 1.82) is 0 Å². The van der Waals surface area contributed by atoms with Crippen molar-refractivity contribution in [3.05, 3.63) is 93.6 Å². The lowest BCUT2D eigenvalue weighted by Crippen LogP contribution is -2.34. The summed E-state index contributed by atoms with van der Waals surface area (Å²) in [5, 5.41) is 3.11. The molecule has 0 aliphatic carbocycles. The molecule has 0 saturated carbocycles. The van der Waals surface area contributed by atoms with E-state index in [1.54, 1.807) is 72.8 Å². The number of carbonyl (C=O) groups is 1. The van der Waals surface area contributed by atoms with Gasteiger partial charge in [0.05, 0.1) is 23.2 Å². The van der Waals surface area contributed by atoms with Crippen molar-refractivity contribution in [2.75, 3.05) is 11.9 Å². The van der Waals surface area contributed by atoms with Crippen LogP contribution >= 0.6 is 0 Å². The molecule has 0 aliphatic rings. The number of hydrogen-bond donors (Lipinski definition) is 2. The molecule has 0 fully saturated rings. The van der Waals surface area contributed by atoms with E-state index in [-0.39, 0.29) is 6.54 Å². The molecule has 8 nitrogen and oxygen atoms in total. The first-order chi connectivity index (χ1) is 15.5. The van der Waals surface area contributed by atoms with E-state index in [4.69, 9.17) is 9.47 Å². The molecule has 8 heteroatoms. The van der Waals surface area contributed by atoms with Crippen LogP contribution in [0.2, 0.25) is 0 Å². The summed E-state index contributed by atoms with van der Waals surface area (Å²) in [5.41, 5.74) is -0.303. The van der Waals surface area contributed by atoms with Crippen LogP contribution in [-0.2, 0) is 11.3 Å². The minimum atomic E-state index is -0.650. The number of aromatic nitrogens is 2. The molecule has 32 heavy (non-hydrogen) atoms. The van der Waals surface area contributed by atoms with Crippen LogP contribution in [0, 0.1) is 0 Å². The summed E-state index contributed by atoms with van der Waals surface area (Å²) in [4.78, 5) is 39.3. The number of ether oxygens (including phenoxy) is 2. The van der Waals surface area contributed by atoms with Gasteiger partial charge >= 0.3 is 5.69 Å². The van der Waals surface area contributed by atoms with Gasteiger partial charge < -0.3 is 14.8 Å². The second-order valence-corrected chi connectivity index (χ2v) is 6.91. The zero-order valence-electron chi connectivity index (χ0n) is 17.3. The topological polar surface area (TPSA) is 102 Å². The number of aromatic amines is 1. The molecule has 1 aromatic heterocycles. The summed E-state index contributed by atoms with van der Waals surface area (Å²) in [7, 11) is 0. The predicted molar refractivity (Wildman–Crippen MR) is 122 cm³/mol. The highest BCUT2D eigenvalue weighted by Crippen LogP contribution is 2.30. The number of nitrogens with one attached hydrogen (secondary N) is 2. The Morgan fingerprint density at radius 3 is 2.41 bits per heavy atom. The second-order valence-electron chi connectivity index (χ2n) is 6.91. The number of rotatable bonds is 7. The van der Waals surface area contributed by atoms with Crippen LogP contribution in [0.25, 0.3) is 10.9 Å². The maximum absolute atomic E-state index is 12.7. The fourth-order valence-electron chi connectivity index (χ4n) is 3.29. The SMILES string of the molecule is CCOc1ccc(Oc2ccccc2NC(=O)Cn2c(=O)[nH]c(=O)c3ccccc32)cc1. The quantitative estimate of drug-likeness (QED) is 0.466. The van der Waals surface area contributed by atoms with Crippen molar-refractivity contribution in [3.63, 3.8) is 0 Å². The molecule has 4 rings (SSSR count). The minimum Gasteiger partial charge on any atom is -0.494 e.